The van der Waals surface area contributed by atoms with Gasteiger partial charge in [0, 0.05) is 0 Å². The van der Waals surface area contributed by atoms with Gasteiger partial charge in [0.2, 0.25) is 0 Å². The Morgan fingerprint density at radius 1 is 1.21 bits per heavy atom. The van der Waals surface area contributed by atoms with Crippen LogP contribution in [0.4, 0.5) is 0 Å². The van der Waals surface area contributed by atoms with Gasteiger partial charge in [-0.1, -0.05) is 24.3 Å². The molecule has 0 unspecified atom stereocenters. The molecule has 3 rings (SSSR count). The number of rotatable bonds is 6. The molecule has 0 aliphatic heterocycles. The highest BCUT2D eigenvalue weighted by molar-refractivity contribution is 14.1. The number of benzene rings is 3. The van der Waals surface area contributed by atoms with Crippen molar-refractivity contribution in [2.24, 2.45) is 5.10 Å². The minimum absolute atomic E-state index is 0.0938. The van der Waals surface area contributed by atoms with E-state index in [-0.39, 0.29) is 11.3 Å². The van der Waals surface area contributed by atoms with E-state index in [0.717, 1.165) is 19.9 Å². The third-order valence-corrected chi connectivity index (χ3v) is 4.83. The van der Waals surface area contributed by atoms with Crippen molar-refractivity contribution in [1.29, 1.82) is 0 Å². The third-order valence-electron chi connectivity index (χ3n) is 4.03. The van der Waals surface area contributed by atoms with Gasteiger partial charge >= 0.3 is 0 Å². The van der Waals surface area contributed by atoms with Gasteiger partial charge in [-0.05, 0) is 70.1 Å². The monoisotopic (exact) mass is 490 g/mol. The number of fused-ring (bicyclic) bond motifs is 1. The first-order chi connectivity index (χ1) is 13.5. The molecule has 3 aromatic rings. The first-order valence-corrected chi connectivity index (χ1v) is 9.66. The SMILES string of the molecule is CCOc1c(I)cc(C=NNC(=O)c2cc3ccccc3cc2O)cc1OC. The summed E-state index contributed by atoms with van der Waals surface area (Å²) in [6.45, 7) is 2.44. The number of hydrazone groups is 1. The Bertz CT molecular complexity index is 1050. The molecule has 0 bridgehead atoms. The Morgan fingerprint density at radius 2 is 1.93 bits per heavy atom. The van der Waals surface area contributed by atoms with Gasteiger partial charge < -0.3 is 14.6 Å². The summed E-state index contributed by atoms with van der Waals surface area (Å²) in [5.74, 6) is 0.678. The topological polar surface area (TPSA) is 80.2 Å². The van der Waals surface area contributed by atoms with Crippen molar-refractivity contribution in [2.45, 2.75) is 6.92 Å². The fraction of sp³-hybridized carbons (Fsp3) is 0.143. The molecule has 0 saturated heterocycles. The number of nitrogens with zero attached hydrogens (tertiary/aromatic N) is 1. The lowest BCUT2D eigenvalue weighted by atomic mass is 10.1. The number of carbonyl (C=O) groups is 1. The molecule has 7 heteroatoms. The van der Waals surface area contributed by atoms with Gasteiger partial charge in [0.1, 0.15) is 5.75 Å². The number of phenols is 1. The van der Waals surface area contributed by atoms with E-state index in [4.69, 9.17) is 9.47 Å². The van der Waals surface area contributed by atoms with Gasteiger partial charge in [0.25, 0.3) is 5.91 Å². The van der Waals surface area contributed by atoms with Gasteiger partial charge in [-0.15, -0.1) is 0 Å². The summed E-state index contributed by atoms with van der Waals surface area (Å²) in [6, 6.07) is 14.3. The maximum Gasteiger partial charge on any atom is 0.275 e. The van der Waals surface area contributed by atoms with E-state index < -0.39 is 5.91 Å². The average molecular weight is 490 g/mol. The zero-order valence-corrected chi connectivity index (χ0v) is 17.6. The average Bonchev–Trinajstić information content (AvgIpc) is 2.69. The van der Waals surface area contributed by atoms with Crippen LogP contribution >= 0.6 is 22.6 Å². The number of phenolic OH excluding ortho intramolecular Hbond substituents is 1. The molecule has 0 atom stereocenters. The van der Waals surface area contributed by atoms with Crippen LogP contribution < -0.4 is 14.9 Å². The van der Waals surface area contributed by atoms with Crippen LogP contribution in [0.1, 0.15) is 22.8 Å². The second-order valence-electron chi connectivity index (χ2n) is 5.88. The van der Waals surface area contributed by atoms with Crippen molar-refractivity contribution in [2.75, 3.05) is 13.7 Å². The molecule has 0 fully saturated rings. The van der Waals surface area contributed by atoms with Gasteiger partial charge in [-0.3, -0.25) is 4.79 Å². The summed E-state index contributed by atoms with van der Waals surface area (Å²) in [7, 11) is 1.57. The molecule has 0 radical (unpaired) electrons. The van der Waals surface area contributed by atoms with E-state index in [1.807, 2.05) is 37.3 Å². The molecule has 0 heterocycles. The van der Waals surface area contributed by atoms with Gasteiger partial charge in [0.05, 0.1) is 29.1 Å². The molecule has 0 aromatic heterocycles. The fourth-order valence-corrected chi connectivity index (χ4v) is 3.52. The van der Waals surface area contributed by atoms with Crippen LogP contribution in [-0.4, -0.2) is 30.9 Å². The maximum atomic E-state index is 12.4. The highest BCUT2D eigenvalue weighted by Crippen LogP contribution is 2.33. The Hall–Kier alpha value is -2.81. The minimum Gasteiger partial charge on any atom is -0.507 e. The summed E-state index contributed by atoms with van der Waals surface area (Å²) in [4.78, 5) is 12.4. The number of hydrogen-bond donors (Lipinski definition) is 2. The van der Waals surface area contributed by atoms with E-state index >= 15 is 0 Å². The fourth-order valence-electron chi connectivity index (χ4n) is 2.73. The van der Waals surface area contributed by atoms with Crippen LogP contribution in [0.3, 0.4) is 0 Å². The summed E-state index contributed by atoms with van der Waals surface area (Å²) in [6.07, 6.45) is 1.51. The first-order valence-electron chi connectivity index (χ1n) is 8.59. The molecule has 0 saturated carbocycles. The zero-order chi connectivity index (χ0) is 20.1. The van der Waals surface area contributed by atoms with Crippen molar-refractivity contribution >= 4 is 45.5 Å². The van der Waals surface area contributed by atoms with Crippen LogP contribution in [-0.2, 0) is 0 Å². The molecule has 2 N–H and O–H groups in total. The Kier molecular flexibility index (Phi) is 6.35. The van der Waals surface area contributed by atoms with Crippen molar-refractivity contribution in [3.05, 3.63) is 63.2 Å². The van der Waals surface area contributed by atoms with Crippen molar-refractivity contribution < 1.29 is 19.4 Å². The number of amides is 1. The quantitative estimate of drug-likeness (QED) is 0.307. The molecule has 1 amide bonds. The molecule has 144 valence electrons. The molecule has 0 aliphatic carbocycles. The predicted octanol–water partition coefficient (Wildman–Crippen LogP) is 4.32. The Labute approximate surface area is 176 Å². The lowest BCUT2D eigenvalue weighted by molar-refractivity contribution is 0.0952. The molecular weight excluding hydrogens is 471 g/mol. The number of hydrogen-bond acceptors (Lipinski definition) is 5. The van der Waals surface area contributed by atoms with Crippen LogP contribution in [0.15, 0.2) is 53.6 Å². The van der Waals surface area contributed by atoms with Crippen LogP contribution in [0.5, 0.6) is 17.2 Å². The molecule has 3 aromatic carbocycles. The molecule has 0 aliphatic rings. The lowest BCUT2D eigenvalue weighted by Gasteiger charge is -2.12. The van der Waals surface area contributed by atoms with Crippen LogP contribution in [0, 0.1) is 3.57 Å². The highest BCUT2D eigenvalue weighted by Gasteiger charge is 2.13. The summed E-state index contributed by atoms with van der Waals surface area (Å²) in [5.41, 5.74) is 3.35. The molecular formula is C21H19IN2O4. The highest BCUT2D eigenvalue weighted by atomic mass is 127. The Balaban J connectivity index is 1.78. The summed E-state index contributed by atoms with van der Waals surface area (Å²) < 4.78 is 11.8. The standard InChI is InChI=1S/C21H19IN2O4/c1-3-28-20-17(22)8-13(9-19(20)27-2)12-23-24-21(26)16-10-14-6-4-5-7-15(14)11-18(16)25/h4-12,25H,3H2,1-2H3,(H,24,26). The number of methoxy groups -OCH3 is 1. The molecule has 28 heavy (non-hydrogen) atoms. The lowest BCUT2D eigenvalue weighted by Crippen LogP contribution is -2.17. The van der Waals surface area contributed by atoms with Crippen LogP contribution in [0.2, 0.25) is 0 Å². The van der Waals surface area contributed by atoms with E-state index in [0.29, 0.717) is 18.1 Å². The zero-order valence-electron chi connectivity index (χ0n) is 15.4. The van der Waals surface area contributed by atoms with E-state index in [2.05, 4.69) is 33.1 Å². The maximum absolute atomic E-state index is 12.4. The van der Waals surface area contributed by atoms with Gasteiger partial charge in [-0.25, -0.2) is 5.43 Å². The second kappa shape index (κ2) is 8.92. The largest absolute Gasteiger partial charge is 0.507 e. The number of carbonyl (C=O) groups excluding carboxylic acids is 1. The number of nitrogens with one attached hydrogen (secondary N) is 1. The summed E-state index contributed by atoms with van der Waals surface area (Å²) >= 11 is 2.16. The Morgan fingerprint density at radius 3 is 2.61 bits per heavy atom. The van der Waals surface area contributed by atoms with Crippen molar-refractivity contribution in [1.82, 2.24) is 5.43 Å². The predicted molar refractivity (Wildman–Crippen MR) is 118 cm³/mol. The van der Waals surface area contributed by atoms with Crippen molar-refractivity contribution in [3.63, 3.8) is 0 Å². The van der Waals surface area contributed by atoms with Crippen molar-refractivity contribution in [3.8, 4) is 17.2 Å². The van der Waals surface area contributed by atoms with E-state index in [9.17, 15) is 9.90 Å². The second-order valence-corrected chi connectivity index (χ2v) is 7.04. The van der Waals surface area contributed by atoms with E-state index in [1.165, 1.54) is 6.21 Å². The van der Waals surface area contributed by atoms with E-state index in [1.54, 1.807) is 25.3 Å². The smallest absolute Gasteiger partial charge is 0.275 e. The summed E-state index contributed by atoms with van der Waals surface area (Å²) in [5, 5.41) is 15.9. The number of halogens is 1. The third kappa shape index (κ3) is 4.36. The molecule has 0 spiro atoms. The minimum atomic E-state index is -0.493. The number of ether oxygens (including phenoxy) is 2. The molecule has 6 nitrogen and oxygen atoms in total. The van der Waals surface area contributed by atoms with Crippen LogP contribution in [0.25, 0.3) is 10.8 Å². The normalized spacial score (nSPS) is 11.0. The van der Waals surface area contributed by atoms with Gasteiger partial charge in [0.15, 0.2) is 11.5 Å². The van der Waals surface area contributed by atoms with Gasteiger partial charge in [-0.2, -0.15) is 5.10 Å². The number of aromatic hydroxyl groups is 1. The first kappa shape index (κ1) is 19.9.